The van der Waals surface area contributed by atoms with Crippen LogP contribution in [0.4, 0.5) is 11.5 Å². The molecule has 1 fully saturated rings. The van der Waals surface area contributed by atoms with E-state index < -0.39 is 0 Å². The fraction of sp³-hybridized carbons (Fsp3) is 0.438. The van der Waals surface area contributed by atoms with Crippen LogP contribution in [0.1, 0.15) is 29.1 Å². The first kappa shape index (κ1) is 15.5. The summed E-state index contributed by atoms with van der Waals surface area (Å²) >= 11 is 0. The maximum Gasteiger partial charge on any atom is 0.277 e. The molecule has 0 aromatic carbocycles. The Balaban J connectivity index is 1.74. The fourth-order valence-corrected chi connectivity index (χ4v) is 2.73. The van der Waals surface area contributed by atoms with Crippen LogP contribution < -0.4 is 10.2 Å². The monoisotopic (exact) mass is 316 g/mol. The van der Waals surface area contributed by atoms with Crippen LogP contribution in [0, 0.1) is 12.8 Å². The number of piperidine rings is 1. The van der Waals surface area contributed by atoms with Crippen LogP contribution in [0.2, 0.25) is 0 Å². The van der Waals surface area contributed by atoms with Gasteiger partial charge in [0, 0.05) is 32.0 Å². The van der Waals surface area contributed by atoms with Crippen LogP contribution in [0.25, 0.3) is 0 Å². The van der Waals surface area contributed by atoms with Gasteiger partial charge >= 0.3 is 0 Å². The largest absolute Gasteiger partial charge is 0.396 e. The molecule has 122 valence electrons. The quantitative estimate of drug-likeness (QED) is 0.894. The summed E-state index contributed by atoms with van der Waals surface area (Å²) in [6.45, 7) is 3.60. The van der Waals surface area contributed by atoms with Crippen molar-refractivity contribution in [2.75, 3.05) is 29.9 Å². The number of aromatic nitrogens is 2. The molecule has 0 bridgehead atoms. The highest BCUT2D eigenvalue weighted by Gasteiger charge is 2.22. The topological polar surface area (TPSA) is 91.5 Å². The Morgan fingerprint density at radius 1 is 1.48 bits per heavy atom. The van der Waals surface area contributed by atoms with Crippen molar-refractivity contribution >= 4 is 17.4 Å². The van der Waals surface area contributed by atoms with Crippen molar-refractivity contribution in [2.24, 2.45) is 5.92 Å². The maximum absolute atomic E-state index is 12.2. The fourth-order valence-electron chi connectivity index (χ4n) is 2.73. The number of anilines is 2. The number of nitrogens with zero attached hydrogens (tertiary/aromatic N) is 3. The van der Waals surface area contributed by atoms with Gasteiger partial charge in [-0.05, 0) is 37.8 Å². The number of nitrogens with one attached hydrogen (secondary N) is 1. The minimum atomic E-state index is -0.318. The Hall–Kier alpha value is -2.41. The van der Waals surface area contributed by atoms with Crippen molar-refractivity contribution in [3.63, 3.8) is 0 Å². The van der Waals surface area contributed by atoms with E-state index in [1.807, 2.05) is 6.07 Å². The molecule has 2 aromatic rings. The zero-order valence-electron chi connectivity index (χ0n) is 13.0. The first-order valence-corrected chi connectivity index (χ1v) is 7.73. The van der Waals surface area contributed by atoms with E-state index in [2.05, 4.69) is 20.4 Å². The van der Waals surface area contributed by atoms with Crippen LogP contribution in [0.3, 0.4) is 0 Å². The average molecular weight is 316 g/mol. The van der Waals surface area contributed by atoms with Crippen LogP contribution in [0.15, 0.2) is 28.9 Å². The van der Waals surface area contributed by atoms with E-state index in [-0.39, 0.29) is 18.2 Å². The van der Waals surface area contributed by atoms with Gasteiger partial charge in [-0.1, -0.05) is 5.16 Å². The molecule has 2 N–H and O–H groups in total. The Kier molecular flexibility index (Phi) is 4.57. The van der Waals surface area contributed by atoms with Crippen LogP contribution >= 0.6 is 0 Å². The number of carbonyl (C=O) groups is 1. The highest BCUT2D eigenvalue weighted by Crippen LogP contribution is 2.27. The van der Waals surface area contributed by atoms with Crippen molar-refractivity contribution in [3.8, 4) is 0 Å². The van der Waals surface area contributed by atoms with Gasteiger partial charge in [-0.3, -0.25) is 4.79 Å². The Morgan fingerprint density at radius 3 is 2.91 bits per heavy atom. The van der Waals surface area contributed by atoms with E-state index in [1.165, 1.54) is 0 Å². The molecule has 0 unspecified atom stereocenters. The van der Waals surface area contributed by atoms with Crippen molar-refractivity contribution in [3.05, 3.63) is 35.9 Å². The smallest absolute Gasteiger partial charge is 0.277 e. The molecular weight excluding hydrogens is 296 g/mol. The highest BCUT2D eigenvalue weighted by atomic mass is 16.5. The number of aryl methyl sites for hydroxylation is 1. The lowest BCUT2D eigenvalue weighted by Gasteiger charge is -2.33. The molecule has 0 spiro atoms. The van der Waals surface area contributed by atoms with Gasteiger partial charge in [-0.15, -0.1) is 0 Å². The number of amides is 1. The third-order valence-corrected chi connectivity index (χ3v) is 4.07. The zero-order valence-corrected chi connectivity index (χ0v) is 13.0. The summed E-state index contributed by atoms with van der Waals surface area (Å²) in [6, 6.07) is 5.21. The van der Waals surface area contributed by atoms with E-state index in [1.54, 1.807) is 25.3 Å². The maximum atomic E-state index is 12.2. The molecule has 1 aliphatic heterocycles. The molecule has 0 aliphatic carbocycles. The molecule has 7 nitrogen and oxygen atoms in total. The van der Waals surface area contributed by atoms with E-state index in [0.29, 0.717) is 17.4 Å². The number of pyridine rings is 1. The molecule has 2 aromatic heterocycles. The minimum Gasteiger partial charge on any atom is -0.396 e. The number of rotatable bonds is 4. The van der Waals surface area contributed by atoms with E-state index in [0.717, 1.165) is 31.7 Å². The van der Waals surface area contributed by atoms with Crippen molar-refractivity contribution in [2.45, 2.75) is 19.8 Å². The van der Waals surface area contributed by atoms with Crippen LogP contribution in [0.5, 0.6) is 0 Å². The lowest BCUT2D eigenvalue weighted by Crippen LogP contribution is -2.35. The predicted octanol–water partition coefficient (Wildman–Crippen LogP) is 1.84. The van der Waals surface area contributed by atoms with E-state index in [4.69, 9.17) is 4.52 Å². The SMILES string of the molecule is Cc1cc(C(=O)Nc2cccnc2N2CCC(CO)CC2)no1. The molecule has 0 saturated carbocycles. The lowest BCUT2D eigenvalue weighted by atomic mass is 9.98. The molecule has 23 heavy (non-hydrogen) atoms. The average Bonchev–Trinajstić information content (AvgIpc) is 3.02. The first-order valence-electron chi connectivity index (χ1n) is 7.73. The third-order valence-electron chi connectivity index (χ3n) is 4.07. The summed E-state index contributed by atoms with van der Waals surface area (Å²) in [4.78, 5) is 18.8. The molecule has 7 heteroatoms. The van der Waals surface area contributed by atoms with E-state index in [9.17, 15) is 9.90 Å². The van der Waals surface area contributed by atoms with Crippen molar-refractivity contribution in [1.82, 2.24) is 10.1 Å². The van der Waals surface area contributed by atoms with Gasteiger partial charge < -0.3 is 19.8 Å². The summed E-state index contributed by atoms with van der Waals surface area (Å²) in [5, 5.41) is 15.8. The number of aliphatic hydroxyl groups is 1. The Labute approximate surface area is 134 Å². The minimum absolute atomic E-state index is 0.227. The molecule has 1 saturated heterocycles. The van der Waals surface area contributed by atoms with Crippen LogP contribution in [-0.2, 0) is 0 Å². The Morgan fingerprint density at radius 2 is 2.26 bits per heavy atom. The van der Waals surface area contributed by atoms with Crippen LogP contribution in [-0.4, -0.2) is 40.9 Å². The normalized spacial score (nSPS) is 15.7. The molecule has 1 aliphatic rings. The summed E-state index contributed by atoms with van der Waals surface area (Å²) in [6.07, 6.45) is 3.55. The second-order valence-corrected chi connectivity index (χ2v) is 5.76. The summed E-state index contributed by atoms with van der Waals surface area (Å²) < 4.78 is 4.93. The van der Waals surface area contributed by atoms with Gasteiger partial charge in [0.1, 0.15) is 5.76 Å². The van der Waals surface area contributed by atoms with Gasteiger partial charge in [0.15, 0.2) is 11.5 Å². The first-order chi connectivity index (χ1) is 11.2. The molecule has 1 amide bonds. The van der Waals surface area contributed by atoms with E-state index >= 15 is 0 Å². The lowest BCUT2D eigenvalue weighted by molar-refractivity contribution is 0.101. The molecule has 3 heterocycles. The number of hydrogen-bond acceptors (Lipinski definition) is 6. The molecule has 3 rings (SSSR count). The zero-order chi connectivity index (χ0) is 16.2. The van der Waals surface area contributed by atoms with Gasteiger partial charge in [0.25, 0.3) is 5.91 Å². The molecular formula is C16H20N4O3. The molecule has 0 radical (unpaired) electrons. The van der Waals surface area contributed by atoms with Gasteiger partial charge in [0.05, 0.1) is 5.69 Å². The predicted molar refractivity (Wildman–Crippen MR) is 85.5 cm³/mol. The summed E-state index contributed by atoms with van der Waals surface area (Å²) in [5.74, 6) is 1.37. The summed E-state index contributed by atoms with van der Waals surface area (Å²) in [5.41, 5.74) is 0.900. The number of aliphatic hydroxyl groups excluding tert-OH is 1. The molecule has 0 atom stereocenters. The van der Waals surface area contributed by atoms with Gasteiger partial charge in [-0.25, -0.2) is 4.98 Å². The highest BCUT2D eigenvalue weighted by molar-refractivity contribution is 6.04. The van der Waals surface area contributed by atoms with Crippen molar-refractivity contribution < 1.29 is 14.4 Å². The second kappa shape index (κ2) is 6.78. The number of hydrogen-bond donors (Lipinski definition) is 2. The number of carbonyl (C=O) groups excluding carboxylic acids is 1. The van der Waals surface area contributed by atoms with Crippen molar-refractivity contribution in [1.29, 1.82) is 0 Å². The second-order valence-electron chi connectivity index (χ2n) is 5.76. The van der Waals surface area contributed by atoms with Gasteiger partial charge in [0.2, 0.25) is 0 Å². The standard InChI is InChI=1S/C16H20N4O3/c1-11-9-14(19-23-11)16(22)18-13-3-2-6-17-15(13)20-7-4-12(10-21)5-8-20/h2-3,6,9,12,21H,4-5,7-8,10H2,1H3,(H,18,22). The van der Waals surface area contributed by atoms with Gasteiger partial charge in [-0.2, -0.15) is 0 Å². The third kappa shape index (κ3) is 3.50. The summed E-state index contributed by atoms with van der Waals surface area (Å²) in [7, 11) is 0. The Bertz CT molecular complexity index is 677.